The molecule has 5 heteroatoms. The van der Waals surface area contributed by atoms with Crippen LogP contribution in [0, 0.1) is 0 Å². The molecule has 0 saturated heterocycles. The Hall–Kier alpha value is -1.58. The second-order valence-corrected chi connectivity index (χ2v) is 4.18. The number of hydrogen-bond acceptors (Lipinski definition) is 2. The van der Waals surface area contributed by atoms with Crippen LogP contribution in [-0.2, 0) is 15.5 Å². The van der Waals surface area contributed by atoms with Gasteiger partial charge >= 0.3 is 0 Å². The van der Waals surface area contributed by atoms with Crippen molar-refractivity contribution in [2.45, 2.75) is 5.88 Å². The van der Waals surface area contributed by atoms with E-state index in [1.54, 1.807) is 24.3 Å². The van der Waals surface area contributed by atoms with Crippen molar-refractivity contribution in [1.82, 2.24) is 0 Å². The molecule has 0 N–H and O–H groups in total. The summed E-state index contributed by atoms with van der Waals surface area (Å²) in [6.45, 7) is 0. The van der Waals surface area contributed by atoms with E-state index in [0.717, 1.165) is 10.5 Å². The van der Waals surface area contributed by atoms with E-state index in [2.05, 4.69) is 0 Å². The third-order valence-electron chi connectivity index (χ3n) is 2.54. The van der Waals surface area contributed by atoms with Gasteiger partial charge in [-0.3, -0.25) is 9.59 Å². The summed E-state index contributed by atoms with van der Waals surface area (Å²) in [4.78, 5) is 24.4. The van der Waals surface area contributed by atoms with Crippen molar-refractivity contribution in [2.75, 3.05) is 4.90 Å². The Morgan fingerprint density at radius 2 is 1.83 bits per heavy atom. The first-order valence-corrected chi connectivity index (χ1v) is 6.16. The molecule has 2 amide bonds. The second kappa shape index (κ2) is 5.38. The molecule has 0 spiro atoms. The molecule has 0 radical (unpaired) electrons. The van der Waals surface area contributed by atoms with Crippen LogP contribution in [0.2, 0.25) is 0 Å². The predicted octanol–water partition coefficient (Wildman–Crippen LogP) is 3.06. The van der Waals surface area contributed by atoms with Gasteiger partial charge in [-0.2, -0.15) is 0 Å². The zero-order valence-electron chi connectivity index (χ0n) is 9.27. The molecule has 1 aliphatic rings. The van der Waals surface area contributed by atoms with Crippen LogP contribution in [0.15, 0.2) is 35.9 Å². The number of halogens is 2. The first-order chi connectivity index (χ1) is 8.67. The third-order valence-corrected chi connectivity index (χ3v) is 2.97. The summed E-state index contributed by atoms with van der Waals surface area (Å²) in [6.07, 6.45) is 4.10. The Balaban J connectivity index is 2.50. The van der Waals surface area contributed by atoms with E-state index in [0.29, 0.717) is 17.1 Å². The highest BCUT2D eigenvalue weighted by Crippen LogP contribution is 2.27. The number of imide groups is 1. The molecule has 3 nitrogen and oxygen atoms in total. The van der Waals surface area contributed by atoms with E-state index in [1.165, 1.54) is 17.7 Å². The fourth-order valence-corrected chi connectivity index (χ4v) is 2.03. The largest absolute Gasteiger partial charge is 0.269 e. The summed E-state index contributed by atoms with van der Waals surface area (Å²) in [6, 6.07) is 5.25. The molecular formula is C13H9Cl2NO2. The van der Waals surface area contributed by atoms with Gasteiger partial charge in [0.15, 0.2) is 0 Å². The average molecular weight is 282 g/mol. The Bertz CT molecular complexity index is 546. The SMILES string of the molecule is O=C1C=CC(=O)N1c1ccc(CCl)cc1C=CCl. The normalized spacial score (nSPS) is 15.1. The zero-order chi connectivity index (χ0) is 13.1. The number of alkyl halides is 1. The van der Waals surface area contributed by atoms with Gasteiger partial charge in [0.25, 0.3) is 11.8 Å². The van der Waals surface area contributed by atoms with Gasteiger partial charge < -0.3 is 0 Å². The maximum atomic E-state index is 11.6. The van der Waals surface area contributed by atoms with E-state index in [9.17, 15) is 9.59 Å². The van der Waals surface area contributed by atoms with Crippen LogP contribution in [0.4, 0.5) is 5.69 Å². The van der Waals surface area contributed by atoms with Gasteiger partial charge in [0, 0.05) is 23.6 Å². The minimum Gasteiger partial charge on any atom is -0.269 e. The van der Waals surface area contributed by atoms with Crippen LogP contribution < -0.4 is 4.90 Å². The Labute approximate surface area is 114 Å². The minimum absolute atomic E-state index is 0.351. The number of carbonyl (C=O) groups is 2. The highest BCUT2D eigenvalue weighted by molar-refractivity contribution is 6.29. The molecule has 18 heavy (non-hydrogen) atoms. The molecule has 0 aliphatic carbocycles. The molecule has 0 bridgehead atoms. The molecule has 1 heterocycles. The molecule has 0 aromatic heterocycles. The number of benzene rings is 1. The first-order valence-electron chi connectivity index (χ1n) is 5.19. The van der Waals surface area contributed by atoms with E-state index in [4.69, 9.17) is 23.2 Å². The fraction of sp³-hybridized carbons (Fsp3) is 0.0769. The standard InChI is InChI=1S/C13H9Cl2NO2/c14-6-5-10-7-9(8-15)1-2-11(10)16-12(17)3-4-13(16)18/h1-7H,8H2. The van der Waals surface area contributed by atoms with Crippen LogP contribution in [-0.4, -0.2) is 11.8 Å². The summed E-state index contributed by atoms with van der Waals surface area (Å²) in [5.41, 5.74) is 3.39. The van der Waals surface area contributed by atoms with Crippen LogP contribution >= 0.6 is 23.2 Å². The molecule has 1 aromatic rings. The number of amides is 2. The minimum atomic E-state index is -0.358. The molecular weight excluding hydrogens is 273 g/mol. The summed E-state index contributed by atoms with van der Waals surface area (Å²) < 4.78 is 0. The monoisotopic (exact) mass is 281 g/mol. The quantitative estimate of drug-likeness (QED) is 0.631. The number of nitrogens with zero attached hydrogens (tertiary/aromatic N) is 1. The lowest BCUT2D eigenvalue weighted by molar-refractivity contribution is -0.119. The van der Waals surface area contributed by atoms with Gasteiger partial charge in [0.1, 0.15) is 0 Å². The van der Waals surface area contributed by atoms with Gasteiger partial charge in [-0.1, -0.05) is 17.7 Å². The van der Waals surface area contributed by atoms with Gasteiger partial charge in [-0.25, -0.2) is 4.90 Å². The lowest BCUT2D eigenvalue weighted by atomic mass is 10.1. The molecule has 0 fully saturated rings. The molecule has 0 unspecified atom stereocenters. The number of carbonyl (C=O) groups excluding carboxylic acids is 2. The van der Waals surface area contributed by atoms with E-state index in [1.807, 2.05) is 0 Å². The Morgan fingerprint density at radius 3 is 2.39 bits per heavy atom. The van der Waals surface area contributed by atoms with Crippen molar-refractivity contribution >= 4 is 46.8 Å². The lowest BCUT2D eigenvalue weighted by Crippen LogP contribution is -2.30. The average Bonchev–Trinajstić information content (AvgIpc) is 2.70. The summed E-state index contributed by atoms with van der Waals surface area (Å²) in [7, 11) is 0. The topological polar surface area (TPSA) is 37.4 Å². The summed E-state index contributed by atoms with van der Waals surface area (Å²) in [5, 5.41) is 0. The Kier molecular flexibility index (Phi) is 3.84. The summed E-state index contributed by atoms with van der Waals surface area (Å²) >= 11 is 11.3. The van der Waals surface area contributed by atoms with Crippen molar-refractivity contribution in [1.29, 1.82) is 0 Å². The van der Waals surface area contributed by atoms with E-state index in [-0.39, 0.29) is 11.8 Å². The molecule has 0 saturated carbocycles. The van der Waals surface area contributed by atoms with E-state index >= 15 is 0 Å². The fourth-order valence-electron chi connectivity index (χ4n) is 1.73. The van der Waals surface area contributed by atoms with Gasteiger partial charge in [0.05, 0.1) is 5.69 Å². The maximum Gasteiger partial charge on any atom is 0.258 e. The molecule has 92 valence electrons. The zero-order valence-corrected chi connectivity index (χ0v) is 10.8. The molecule has 1 aliphatic heterocycles. The molecule has 1 aromatic carbocycles. The predicted molar refractivity (Wildman–Crippen MR) is 72.5 cm³/mol. The van der Waals surface area contributed by atoms with Crippen molar-refractivity contribution in [3.05, 3.63) is 47.0 Å². The van der Waals surface area contributed by atoms with Crippen LogP contribution in [0.3, 0.4) is 0 Å². The van der Waals surface area contributed by atoms with Gasteiger partial charge in [0.2, 0.25) is 0 Å². The van der Waals surface area contributed by atoms with Crippen molar-refractivity contribution < 1.29 is 9.59 Å². The van der Waals surface area contributed by atoms with Crippen molar-refractivity contribution in [2.24, 2.45) is 0 Å². The number of hydrogen-bond donors (Lipinski definition) is 0. The van der Waals surface area contributed by atoms with Crippen molar-refractivity contribution in [3.8, 4) is 0 Å². The smallest absolute Gasteiger partial charge is 0.258 e. The lowest BCUT2D eigenvalue weighted by Gasteiger charge is -2.17. The second-order valence-electron chi connectivity index (χ2n) is 3.66. The number of anilines is 1. The first kappa shape index (κ1) is 12.9. The molecule has 0 atom stereocenters. The van der Waals surface area contributed by atoms with Gasteiger partial charge in [-0.05, 0) is 29.3 Å². The van der Waals surface area contributed by atoms with Crippen molar-refractivity contribution in [3.63, 3.8) is 0 Å². The maximum absolute atomic E-state index is 11.6. The van der Waals surface area contributed by atoms with Crippen LogP contribution in [0.1, 0.15) is 11.1 Å². The molecule has 2 rings (SSSR count). The van der Waals surface area contributed by atoms with E-state index < -0.39 is 0 Å². The van der Waals surface area contributed by atoms with Crippen LogP contribution in [0.5, 0.6) is 0 Å². The van der Waals surface area contributed by atoms with Gasteiger partial charge in [-0.15, -0.1) is 11.6 Å². The highest BCUT2D eigenvalue weighted by atomic mass is 35.5. The van der Waals surface area contributed by atoms with Crippen LogP contribution in [0.25, 0.3) is 6.08 Å². The number of rotatable bonds is 3. The summed E-state index contributed by atoms with van der Waals surface area (Å²) in [5.74, 6) is -0.366. The third kappa shape index (κ3) is 2.33. The highest BCUT2D eigenvalue weighted by Gasteiger charge is 2.26. The Morgan fingerprint density at radius 1 is 1.17 bits per heavy atom.